The molecule has 0 aromatic carbocycles. The molecular formula is C24H44S4Sn. The standard InChI is InChI=1S/4C6H12S.Sn/c4*7-6-4-2-1-3-5-6;/h4*6-7H,1-5H2;/q;;;;+4/p-4. The van der Waals surface area contributed by atoms with Crippen molar-refractivity contribution in [3.63, 3.8) is 0 Å². The fourth-order valence-corrected chi connectivity index (χ4v) is 5.59. The molecule has 0 spiro atoms. The molecular weight excluding hydrogens is 535 g/mol. The molecule has 168 valence electrons. The Labute approximate surface area is 222 Å². The van der Waals surface area contributed by atoms with Gasteiger partial charge in [-0.3, -0.25) is 0 Å². The largest absolute Gasteiger partial charge is 4.00 e. The van der Waals surface area contributed by atoms with Gasteiger partial charge in [-0.25, -0.2) is 0 Å². The summed E-state index contributed by atoms with van der Waals surface area (Å²) in [5.74, 6) is 0. The molecule has 0 heterocycles. The summed E-state index contributed by atoms with van der Waals surface area (Å²) in [5.41, 5.74) is 0. The molecule has 0 aliphatic heterocycles. The Bertz CT molecular complexity index is 255. The van der Waals surface area contributed by atoms with Crippen molar-refractivity contribution in [3.05, 3.63) is 0 Å². The van der Waals surface area contributed by atoms with Crippen LogP contribution in [0.25, 0.3) is 0 Å². The summed E-state index contributed by atoms with van der Waals surface area (Å²) in [6.07, 6.45) is 27.2. The topological polar surface area (TPSA) is 0 Å². The van der Waals surface area contributed by atoms with E-state index >= 15 is 0 Å². The molecule has 0 amide bonds. The molecule has 0 saturated heterocycles. The van der Waals surface area contributed by atoms with Crippen molar-refractivity contribution in [2.24, 2.45) is 0 Å². The zero-order chi connectivity index (χ0) is 20.5. The molecule has 4 saturated carbocycles. The molecule has 4 rings (SSSR count). The maximum absolute atomic E-state index is 5.09. The van der Waals surface area contributed by atoms with E-state index in [2.05, 4.69) is 0 Å². The van der Waals surface area contributed by atoms with Gasteiger partial charge in [0.2, 0.25) is 0 Å². The molecule has 0 N–H and O–H groups in total. The zero-order valence-corrected chi connectivity index (χ0v) is 24.7. The molecule has 0 unspecified atom stereocenters. The first-order chi connectivity index (χ1) is 13.6. The van der Waals surface area contributed by atoms with Crippen LogP contribution in [-0.4, -0.2) is 44.9 Å². The molecule has 0 atom stereocenters. The molecule has 5 heteroatoms. The van der Waals surface area contributed by atoms with Crippen LogP contribution in [-0.2, 0) is 50.5 Å². The molecule has 4 aliphatic carbocycles. The molecule has 0 aromatic heterocycles. The van der Waals surface area contributed by atoms with Gasteiger partial charge in [0.1, 0.15) is 0 Å². The molecule has 4 fully saturated rings. The van der Waals surface area contributed by atoms with E-state index in [0.29, 0.717) is 21.0 Å². The van der Waals surface area contributed by atoms with Gasteiger partial charge in [-0.15, -0.1) is 0 Å². The minimum absolute atomic E-state index is 0. The van der Waals surface area contributed by atoms with E-state index in [1.807, 2.05) is 0 Å². The minimum Gasteiger partial charge on any atom is -0.789 e. The third-order valence-electron chi connectivity index (χ3n) is 6.21. The van der Waals surface area contributed by atoms with Crippen LogP contribution < -0.4 is 0 Å². The van der Waals surface area contributed by atoms with Crippen LogP contribution in [0.1, 0.15) is 128 Å². The monoisotopic (exact) mass is 580 g/mol. The SMILES string of the molecule is [S-]C1CCCCC1.[S-]C1CCCCC1.[S-]C1CCCCC1.[S-]C1CCCCC1.[Sn+4]. The predicted octanol–water partition coefficient (Wildman–Crippen LogP) is 7.08. The average Bonchev–Trinajstić information content (AvgIpc) is 2.72. The maximum atomic E-state index is 5.09. The van der Waals surface area contributed by atoms with Crippen molar-refractivity contribution >= 4 is 74.4 Å². The summed E-state index contributed by atoms with van der Waals surface area (Å²) in [6.45, 7) is 0. The van der Waals surface area contributed by atoms with Gasteiger partial charge in [0.05, 0.1) is 0 Å². The van der Waals surface area contributed by atoms with Crippen LogP contribution >= 0.6 is 0 Å². The minimum atomic E-state index is 0. The third kappa shape index (κ3) is 20.5. The quantitative estimate of drug-likeness (QED) is 0.222. The summed E-state index contributed by atoms with van der Waals surface area (Å²) >= 11 is 20.4. The van der Waals surface area contributed by atoms with E-state index in [1.165, 1.54) is 128 Å². The van der Waals surface area contributed by atoms with Gasteiger partial charge >= 0.3 is 23.9 Å². The van der Waals surface area contributed by atoms with E-state index in [9.17, 15) is 0 Å². The van der Waals surface area contributed by atoms with Gasteiger partial charge in [-0.2, -0.15) is 21.0 Å². The zero-order valence-electron chi connectivity index (χ0n) is 18.6. The second kappa shape index (κ2) is 22.0. The Morgan fingerprint density at radius 2 is 0.414 bits per heavy atom. The second-order valence-corrected chi connectivity index (χ2v) is 11.7. The van der Waals surface area contributed by atoms with Gasteiger partial charge in [-0.1, -0.05) is 128 Å². The Balaban J connectivity index is 0.000000356. The smallest absolute Gasteiger partial charge is 0.789 e. The second-order valence-electron chi connectivity index (χ2n) is 9.04. The summed E-state index contributed by atoms with van der Waals surface area (Å²) in [4.78, 5) is 0. The van der Waals surface area contributed by atoms with Gasteiger partial charge < -0.3 is 50.5 Å². The van der Waals surface area contributed by atoms with Crippen LogP contribution in [0.3, 0.4) is 0 Å². The summed E-state index contributed by atoms with van der Waals surface area (Å²) in [5, 5.41) is 2.48. The Kier molecular flexibility index (Phi) is 23.7. The van der Waals surface area contributed by atoms with E-state index < -0.39 is 0 Å². The molecule has 0 radical (unpaired) electrons. The number of rotatable bonds is 0. The van der Waals surface area contributed by atoms with Crippen molar-refractivity contribution < 1.29 is 0 Å². The van der Waals surface area contributed by atoms with Gasteiger partial charge in [0.15, 0.2) is 0 Å². The Morgan fingerprint density at radius 3 is 0.483 bits per heavy atom. The first-order valence-electron chi connectivity index (χ1n) is 12.2. The van der Waals surface area contributed by atoms with Crippen LogP contribution in [0, 0.1) is 0 Å². The van der Waals surface area contributed by atoms with E-state index in [-0.39, 0.29) is 23.9 Å². The Morgan fingerprint density at radius 1 is 0.276 bits per heavy atom. The fraction of sp³-hybridized carbons (Fsp3) is 1.00. The molecule has 0 nitrogen and oxygen atoms in total. The fourth-order valence-electron chi connectivity index (χ4n) is 4.26. The normalized spacial score (nSPS) is 24.4. The summed E-state index contributed by atoms with van der Waals surface area (Å²) < 4.78 is 0. The molecule has 0 bridgehead atoms. The molecule has 4 aliphatic rings. The van der Waals surface area contributed by atoms with Crippen molar-refractivity contribution in [2.75, 3.05) is 0 Å². The first kappa shape index (κ1) is 31.2. The van der Waals surface area contributed by atoms with E-state index in [4.69, 9.17) is 50.5 Å². The van der Waals surface area contributed by atoms with Crippen molar-refractivity contribution in [2.45, 2.75) is 149 Å². The predicted molar refractivity (Wildman–Crippen MR) is 143 cm³/mol. The van der Waals surface area contributed by atoms with Crippen LogP contribution in [0.5, 0.6) is 0 Å². The summed E-state index contributed by atoms with van der Waals surface area (Å²) in [6, 6.07) is 0. The average molecular weight is 580 g/mol. The third-order valence-corrected chi connectivity index (χ3v) is 8.09. The van der Waals surface area contributed by atoms with Crippen LogP contribution in [0.4, 0.5) is 0 Å². The van der Waals surface area contributed by atoms with E-state index in [1.54, 1.807) is 0 Å². The van der Waals surface area contributed by atoms with Crippen molar-refractivity contribution in [1.29, 1.82) is 0 Å². The van der Waals surface area contributed by atoms with Crippen molar-refractivity contribution in [1.82, 2.24) is 0 Å². The Hall–Kier alpha value is 2.20. The van der Waals surface area contributed by atoms with Crippen LogP contribution in [0.2, 0.25) is 0 Å². The molecule has 29 heavy (non-hydrogen) atoms. The van der Waals surface area contributed by atoms with Crippen LogP contribution in [0.15, 0.2) is 0 Å². The summed E-state index contributed by atoms with van der Waals surface area (Å²) in [7, 11) is 0. The van der Waals surface area contributed by atoms with Gasteiger partial charge in [-0.05, 0) is 0 Å². The first-order valence-corrected chi connectivity index (χ1v) is 14.1. The van der Waals surface area contributed by atoms with E-state index in [0.717, 1.165) is 0 Å². The van der Waals surface area contributed by atoms with Gasteiger partial charge in [0, 0.05) is 0 Å². The maximum Gasteiger partial charge on any atom is 4.00 e. The number of hydrogen-bond donors (Lipinski definition) is 0. The van der Waals surface area contributed by atoms with Gasteiger partial charge in [0.25, 0.3) is 0 Å². The molecule has 0 aromatic rings. The number of hydrogen-bond acceptors (Lipinski definition) is 4. The van der Waals surface area contributed by atoms with Crippen molar-refractivity contribution in [3.8, 4) is 0 Å².